The predicted molar refractivity (Wildman–Crippen MR) is 67.1 cm³/mol. The van der Waals surface area contributed by atoms with Crippen LogP contribution in [0.15, 0.2) is 0 Å². The Bertz CT molecular complexity index is 165. The summed E-state index contributed by atoms with van der Waals surface area (Å²) in [5.74, 6) is 0. The Morgan fingerprint density at radius 2 is 1.47 bits per heavy atom. The Morgan fingerprint density at radius 1 is 1.00 bits per heavy atom. The van der Waals surface area contributed by atoms with Gasteiger partial charge in [0.2, 0.25) is 0 Å². The van der Waals surface area contributed by atoms with Gasteiger partial charge in [-0.25, -0.2) is 0 Å². The Hall–Kier alpha value is -0.0800. The van der Waals surface area contributed by atoms with Crippen LogP contribution in [0.1, 0.15) is 53.9 Å². The molecule has 0 fully saturated rings. The van der Waals surface area contributed by atoms with Gasteiger partial charge in [-0.05, 0) is 40.2 Å². The van der Waals surface area contributed by atoms with Gasteiger partial charge in [-0.1, -0.05) is 20.8 Å². The van der Waals surface area contributed by atoms with E-state index in [0.717, 1.165) is 25.8 Å². The SMILES string of the molecule is CCC(CC)(CO)CN(C)C(C)(C)CC. The third-order valence-electron chi connectivity index (χ3n) is 4.31. The average Bonchev–Trinajstić information content (AvgIpc) is 2.25. The van der Waals surface area contributed by atoms with Crippen LogP contribution in [0.25, 0.3) is 0 Å². The molecule has 0 atom stereocenters. The lowest BCUT2D eigenvalue weighted by Crippen LogP contribution is -2.47. The molecule has 0 saturated heterocycles. The van der Waals surface area contributed by atoms with Gasteiger partial charge in [0.1, 0.15) is 0 Å². The van der Waals surface area contributed by atoms with Crippen molar-refractivity contribution < 1.29 is 5.11 Å². The summed E-state index contributed by atoms with van der Waals surface area (Å²) < 4.78 is 0. The molecule has 0 aliphatic carbocycles. The van der Waals surface area contributed by atoms with Crippen molar-refractivity contribution >= 4 is 0 Å². The molecule has 0 aromatic rings. The Morgan fingerprint density at radius 3 is 1.73 bits per heavy atom. The van der Waals surface area contributed by atoms with Crippen LogP contribution in [0.5, 0.6) is 0 Å². The van der Waals surface area contributed by atoms with Gasteiger partial charge in [-0.15, -0.1) is 0 Å². The largest absolute Gasteiger partial charge is 0.396 e. The van der Waals surface area contributed by atoms with Crippen molar-refractivity contribution in [1.82, 2.24) is 4.90 Å². The number of hydrogen-bond donors (Lipinski definition) is 1. The van der Waals surface area contributed by atoms with E-state index in [1.165, 1.54) is 0 Å². The van der Waals surface area contributed by atoms with Crippen LogP contribution < -0.4 is 0 Å². The predicted octanol–water partition coefficient (Wildman–Crippen LogP) is 2.91. The molecule has 0 aromatic carbocycles. The first-order chi connectivity index (χ1) is 6.87. The van der Waals surface area contributed by atoms with Crippen molar-refractivity contribution in [1.29, 1.82) is 0 Å². The molecule has 0 bridgehead atoms. The average molecular weight is 215 g/mol. The van der Waals surface area contributed by atoms with Crippen molar-refractivity contribution in [2.75, 3.05) is 20.2 Å². The molecule has 0 radical (unpaired) electrons. The first kappa shape index (κ1) is 14.9. The molecule has 15 heavy (non-hydrogen) atoms. The Labute approximate surface area is 95.7 Å². The maximum atomic E-state index is 9.54. The Balaban J connectivity index is 4.54. The minimum atomic E-state index is 0.0845. The molecule has 0 heterocycles. The monoisotopic (exact) mass is 215 g/mol. The van der Waals surface area contributed by atoms with Crippen molar-refractivity contribution in [3.8, 4) is 0 Å². The van der Waals surface area contributed by atoms with Crippen molar-refractivity contribution in [2.45, 2.75) is 59.4 Å². The fourth-order valence-corrected chi connectivity index (χ4v) is 1.73. The van der Waals surface area contributed by atoms with E-state index in [1.54, 1.807) is 0 Å². The van der Waals surface area contributed by atoms with Crippen LogP contribution in [-0.2, 0) is 0 Å². The first-order valence-corrected chi connectivity index (χ1v) is 6.19. The van der Waals surface area contributed by atoms with Crippen LogP contribution in [0.4, 0.5) is 0 Å². The lowest BCUT2D eigenvalue weighted by molar-refractivity contribution is 0.0342. The second-order valence-electron chi connectivity index (χ2n) is 5.39. The second kappa shape index (κ2) is 5.86. The molecule has 0 aromatic heterocycles. The second-order valence-corrected chi connectivity index (χ2v) is 5.39. The summed E-state index contributed by atoms with van der Waals surface area (Å²) in [6, 6.07) is 0. The van der Waals surface area contributed by atoms with E-state index in [4.69, 9.17) is 0 Å². The van der Waals surface area contributed by atoms with E-state index in [1.807, 2.05) is 0 Å². The highest BCUT2D eigenvalue weighted by Gasteiger charge is 2.31. The topological polar surface area (TPSA) is 23.5 Å². The normalized spacial score (nSPS) is 13.6. The highest BCUT2D eigenvalue weighted by molar-refractivity contribution is 4.85. The zero-order valence-corrected chi connectivity index (χ0v) is 11.4. The highest BCUT2D eigenvalue weighted by atomic mass is 16.3. The molecule has 0 spiro atoms. The third kappa shape index (κ3) is 3.76. The lowest BCUT2D eigenvalue weighted by Gasteiger charge is -2.42. The summed E-state index contributed by atoms with van der Waals surface area (Å²) in [4.78, 5) is 2.39. The zero-order chi connectivity index (χ0) is 12.1. The maximum absolute atomic E-state index is 9.54. The molecule has 1 N–H and O–H groups in total. The van der Waals surface area contributed by atoms with Gasteiger partial charge in [-0.2, -0.15) is 0 Å². The molecule has 2 nitrogen and oxygen atoms in total. The van der Waals surface area contributed by atoms with Gasteiger partial charge in [-0.3, -0.25) is 0 Å². The van der Waals surface area contributed by atoms with Crippen molar-refractivity contribution in [2.24, 2.45) is 5.41 Å². The number of nitrogens with zero attached hydrogens (tertiary/aromatic N) is 1. The maximum Gasteiger partial charge on any atom is 0.0499 e. The molecular weight excluding hydrogens is 186 g/mol. The summed E-state index contributed by atoms with van der Waals surface area (Å²) in [6.07, 6.45) is 3.23. The van der Waals surface area contributed by atoms with Crippen LogP contribution in [-0.4, -0.2) is 35.7 Å². The zero-order valence-electron chi connectivity index (χ0n) is 11.4. The molecule has 0 saturated carbocycles. The van der Waals surface area contributed by atoms with Gasteiger partial charge in [0.25, 0.3) is 0 Å². The van der Waals surface area contributed by atoms with E-state index in [2.05, 4.69) is 46.6 Å². The summed E-state index contributed by atoms with van der Waals surface area (Å²) in [5, 5.41) is 9.54. The van der Waals surface area contributed by atoms with E-state index >= 15 is 0 Å². The lowest BCUT2D eigenvalue weighted by atomic mass is 9.81. The van der Waals surface area contributed by atoms with Gasteiger partial charge in [0, 0.05) is 24.1 Å². The molecule has 0 aliphatic rings. The van der Waals surface area contributed by atoms with Crippen LogP contribution in [0.2, 0.25) is 0 Å². The van der Waals surface area contributed by atoms with E-state index in [0.29, 0.717) is 6.61 Å². The van der Waals surface area contributed by atoms with Crippen molar-refractivity contribution in [3.05, 3.63) is 0 Å². The van der Waals surface area contributed by atoms with Gasteiger partial charge in [0.05, 0.1) is 0 Å². The van der Waals surface area contributed by atoms with E-state index in [9.17, 15) is 5.11 Å². The van der Waals surface area contributed by atoms with Crippen LogP contribution >= 0.6 is 0 Å². The standard InChI is InChI=1S/C13H29NO/c1-7-12(4,5)14(6)10-13(8-2,9-3)11-15/h15H,7-11H2,1-6H3. The number of rotatable bonds is 7. The van der Waals surface area contributed by atoms with Gasteiger partial charge < -0.3 is 10.0 Å². The quantitative estimate of drug-likeness (QED) is 0.706. The van der Waals surface area contributed by atoms with Gasteiger partial charge in [0.15, 0.2) is 0 Å². The van der Waals surface area contributed by atoms with E-state index < -0.39 is 0 Å². The first-order valence-electron chi connectivity index (χ1n) is 6.19. The number of hydrogen-bond acceptors (Lipinski definition) is 2. The molecule has 92 valence electrons. The fourth-order valence-electron chi connectivity index (χ4n) is 1.73. The molecule has 0 aliphatic heterocycles. The third-order valence-corrected chi connectivity index (χ3v) is 4.31. The van der Waals surface area contributed by atoms with Crippen LogP contribution in [0, 0.1) is 5.41 Å². The smallest absolute Gasteiger partial charge is 0.0499 e. The molecular formula is C13H29NO. The molecule has 0 unspecified atom stereocenters. The number of aliphatic hydroxyl groups is 1. The van der Waals surface area contributed by atoms with Crippen LogP contribution in [0.3, 0.4) is 0 Å². The summed E-state index contributed by atoms with van der Waals surface area (Å²) in [6.45, 7) is 12.4. The molecule has 0 rings (SSSR count). The summed E-state index contributed by atoms with van der Waals surface area (Å²) in [5.41, 5.74) is 0.311. The van der Waals surface area contributed by atoms with Crippen molar-refractivity contribution in [3.63, 3.8) is 0 Å². The summed E-state index contributed by atoms with van der Waals surface area (Å²) >= 11 is 0. The molecule has 0 amide bonds. The molecule has 2 heteroatoms. The number of aliphatic hydroxyl groups excluding tert-OH is 1. The van der Waals surface area contributed by atoms with Gasteiger partial charge >= 0.3 is 0 Å². The fraction of sp³-hybridized carbons (Fsp3) is 1.00. The summed E-state index contributed by atoms with van der Waals surface area (Å²) in [7, 11) is 2.17. The highest BCUT2D eigenvalue weighted by Crippen LogP contribution is 2.29. The Kier molecular flexibility index (Phi) is 5.82. The minimum absolute atomic E-state index is 0.0845. The van der Waals surface area contributed by atoms with E-state index in [-0.39, 0.29) is 11.0 Å². The minimum Gasteiger partial charge on any atom is -0.396 e.